The number of anilines is 1. The number of carbonyl (C=O) groups excluding carboxylic acids is 1. The molecule has 0 saturated carbocycles. The molecule has 4 N–H and O–H groups in total. The fourth-order valence-corrected chi connectivity index (χ4v) is 1.85. The molecule has 1 aromatic carbocycles. The van der Waals surface area contributed by atoms with Crippen molar-refractivity contribution in [2.75, 3.05) is 26.0 Å². The first kappa shape index (κ1) is 15.7. The number of hydrogen-bond acceptors (Lipinski definition) is 6. The topological polar surface area (TPSA) is 110 Å². The minimum atomic E-state index is -0.414. The summed E-state index contributed by atoms with van der Waals surface area (Å²) in [4.78, 5) is 20.4. The average molecular weight is 302 g/mol. The number of nitrogen functional groups attached to an aromatic ring is 1. The van der Waals surface area contributed by atoms with Gasteiger partial charge < -0.3 is 20.9 Å². The Labute approximate surface area is 128 Å². The van der Waals surface area contributed by atoms with Gasteiger partial charge in [-0.05, 0) is 18.6 Å². The van der Waals surface area contributed by atoms with Crippen LogP contribution in [0.1, 0.15) is 16.9 Å². The average Bonchev–Trinajstić information content (AvgIpc) is 2.55. The fourth-order valence-electron chi connectivity index (χ4n) is 1.85. The Morgan fingerprint density at radius 3 is 3.00 bits per heavy atom. The Bertz CT molecular complexity index is 661. The number of hydrogen-bond donors (Lipinski definition) is 3. The second-order valence-electron chi connectivity index (χ2n) is 4.55. The molecule has 0 radical (unpaired) electrons. The summed E-state index contributed by atoms with van der Waals surface area (Å²) in [6, 6.07) is 7.29. The number of methoxy groups -OCH3 is 1. The van der Waals surface area contributed by atoms with Crippen molar-refractivity contribution >= 4 is 11.7 Å². The number of aliphatic hydroxyl groups excluding tert-OH is 1. The number of rotatable bonds is 6. The molecule has 116 valence electrons. The molecular weight excluding hydrogens is 284 g/mol. The zero-order valence-corrected chi connectivity index (χ0v) is 12.2. The molecule has 0 aliphatic carbocycles. The number of nitrogens with zero attached hydrogens (tertiary/aromatic N) is 2. The number of nitrogens with two attached hydrogens (primary N) is 1. The number of carbonyl (C=O) groups is 1. The maximum Gasteiger partial charge on any atom is 0.273 e. The van der Waals surface area contributed by atoms with Gasteiger partial charge in [0.2, 0.25) is 0 Å². The maximum absolute atomic E-state index is 12.0. The first-order valence-electron chi connectivity index (χ1n) is 6.81. The highest BCUT2D eigenvalue weighted by Gasteiger charge is 2.14. The molecule has 0 fully saturated rings. The van der Waals surface area contributed by atoms with Gasteiger partial charge in [0.25, 0.3) is 5.91 Å². The Morgan fingerprint density at radius 2 is 2.27 bits per heavy atom. The molecule has 0 saturated heterocycles. The SMILES string of the molecule is COc1cccc(-c2cnc(N)c(C(=O)NCCCO)n2)c1. The number of aromatic nitrogens is 2. The Kier molecular flexibility index (Phi) is 5.26. The lowest BCUT2D eigenvalue weighted by atomic mass is 10.1. The smallest absolute Gasteiger partial charge is 0.273 e. The molecular formula is C15H18N4O3. The normalized spacial score (nSPS) is 10.3. The Balaban J connectivity index is 2.27. The van der Waals surface area contributed by atoms with Gasteiger partial charge in [0, 0.05) is 18.7 Å². The van der Waals surface area contributed by atoms with E-state index < -0.39 is 5.91 Å². The van der Waals surface area contributed by atoms with Crippen LogP contribution in [-0.4, -0.2) is 41.2 Å². The summed E-state index contributed by atoms with van der Waals surface area (Å²) in [7, 11) is 1.58. The van der Waals surface area contributed by atoms with Gasteiger partial charge in [-0.15, -0.1) is 0 Å². The first-order chi connectivity index (χ1) is 10.7. The number of amides is 1. The Morgan fingerprint density at radius 1 is 1.45 bits per heavy atom. The largest absolute Gasteiger partial charge is 0.497 e. The number of nitrogens with one attached hydrogen (secondary N) is 1. The molecule has 0 unspecified atom stereocenters. The van der Waals surface area contributed by atoms with Crippen LogP contribution in [0.15, 0.2) is 30.5 Å². The zero-order chi connectivity index (χ0) is 15.9. The molecule has 0 spiro atoms. The summed E-state index contributed by atoms with van der Waals surface area (Å²) in [6.45, 7) is 0.352. The number of benzene rings is 1. The van der Waals surface area contributed by atoms with E-state index in [9.17, 15) is 4.79 Å². The summed E-state index contributed by atoms with van der Waals surface area (Å²) in [5.74, 6) is 0.335. The predicted octanol–water partition coefficient (Wildman–Crippen LogP) is 0.847. The number of ether oxygens (including phenoxy) is 1. The molecule has 1 heterocycles. The summed E-state index contributed by atoms with van der Waals surface area (Å²) >= 11 is 0. The van der Waals surface area contributed by atoms with Crippen LogP contribution >= 0.6 is 0 Å². The summed E-state index contributed by atoms with van der Waals surface area (Å²) in [5.41, 5.74) is 7.09. The van der Waals surface area contributed by atoms with Gasteiger partial charge in [0.1, 0.15) is 5.75 Å². The molecule has 0 aliphatic rings. The van der Waals surface area contributed by atoms with E-state index in [4.69, 9.17) is 15.6 Å². The molecule has 0 atom stereocenters. The third-order valence-electron chi connectivity index (χ3n) is 3.00. The van der Waals surface area contributed by atoms with Gasteiger partial charge in [-0.3, -0.25) is 4.79 Å². The zero-order valence-electron chi connectivity index (χ0n) is 12.2. The lowest BCUT2D eigenvalue weighted by Crippen LogP contribution is -2.27. The molecule has 0 aliphatic heterocycles. The van der Waals surface area contributed by atoms with Crippen molar-refractivity contribution in [2.24, 2.45) is 0 Å². The first-order valence-corrected chi connectivity index (χ1v) is 6.81. The molecule has 7 nitrogen and oxygen atoms in total. The highest BCUT2D eigenvalue weighted by Crippen LogP contribution is 2.22. The molecule has 1 amide bonds. The van der Waals surface area contributed by atoms with E-state index in [2.05, 4.69) is 15.3 Å². The molecule has 0 bridgehead atoms. The van der Waals surface area contributed by atoms with Gasteiger partial charge in [-0.25, -0.2) is 9.97 Å². The number of aliphatic hydroxyl groups is 1. The molecule has 2 aromatic rings. The highest BCUT2D eigenvalue weighted by atomic mass is 16.5. The van der Waals surface area contributed by atoms with Gasteiger partial charge in [-0.1, -0.05) is 12.1 Å². The van der Waals surface area contributed by atoms with Crippen LogP contribution in [0.5, 0.6) is 5.75 Å². The van der Waals surface area contributed by atoms with Crippen molar-refractivity contribution in [3.05, 3.63) is 36.2 Å². The van der Waals surface area contributed by atoms with E-state index in [-0.39, 0.29) is 18.1 Å². The van der Waals surface area contributed by atoms with Crippen molar-refractivity contribution in [2.45, 2.75) is 6.42 Å². The second kappa shape index (κ2) is 7.37. The lowest BCUT2D eigenvalue weighted by Gasteiger charge is -2.08. The Hall–Kier alpha value is -2.67. The van der Waals surface area contributed by atoms with Crippen molar-refractivity contribution in [3.63, 3.8) is 0 Å². The van der Waals surface area contributed by atoms with Crippen LogP contribution in [0, 0.1) is 0 Å². The van der Waals surface area contributed by atoms with Gasteiger partial charge in [-0.2, -0.15) is 0 Å². The van der Waals surface area contributed by atoms with Crippen LogP contribution in [0.2, 0.25) is 0 Å². The summed E-state index contributed by atoms with van der Waals surface area (Å²) in [5, 5.41) is 11.4. The van der Waals surface area contributed by atoms with Gasteiger partial charge >= 0.3 is 0 Å². The maximum atomic E-state index is 12.0. The van der Waals surface area contributed by atoms with Crippen LogP contribution in [0.3, 0.4) is 0 Å². The van der Waals surface area contributed by atoms with E-state index in [1.165, 1.54) is 6.20 Å². The fraction of sp³-hybridized carbons (Fsp3) is 0.267. The third-order valence-corrected chi connectivity index (χ3v) is 3.00. The molecule has 2 rings (SSSR count). The van der Waals surface area contributed by atoms with Crippen molar-refractivity contribution in [3.8, 4) is 17.0 Å². The second-order valence-corrected chi connectivity index (χ2v) is 4.55. The van der Waals surface area contributed by atoms with E-state index in [1.54, 1.807) is 13.2 Å². The van der Waals surface area contributed by atoms with E-state index in [1.807, 2.05) is 18.2 Å². The molecule has 7 heteroatoms. The van der Waals surface area contributed by atoms with Crippen molar-refractivity contribution in [1.29, 1.82) is 0 Å². The quantitative estimate of drug-likeness (QED) is 0.682. The summed E-state index contributed by atoms with van der Waals surface area (Å²) < 4.78 is 5.17. The minimum absolute atomic E-state index is 0.00525. The predicted molar refractivity (Wildman–Crippen MR) is 82.5 cm³/mol. The van der Waals surface area contributed by atoms with E-state index >= 15 is 0 Å². The third kappa shape index (κ3) is 3.70. The van der Waals surface area contributed by atoms with Crippen LogP contribution < -0.4 is 15.8 Å². The lowest BCUT2D eigenvalue weighted by molar-refractivity contribution is 0.0947. The van der Waals surface area contributed by atoms with Crippen molar-refractivity contribution in [1.82, 2.24) is 15.3 Å². The van der Waals surface area contributed by atoms with Crippen LogP contribution in [0.25, 0.3) is 11.3 Å². The van der Waals surface area contributed by atoms with E-state index in [0.29, 0.717) is 24.4 Å². The van der Waals surface area contributed by atoms with Gasteiger partial charge in [0.15, 0.2) is 11.5 Å². The standard InChI is InChI=1S/C15H18N4O3/c1-22-11-5-2-4-10(8-11)12-9-18-14(16)13(19-12)15(21)17-6-3-7-20/h2,4-5,8-9,20H,3,6-7H2,1H3,(H2,16,18)(H,17,21). The van der Waals surface area contributed by atoms with Gasteiger partial charge in [0.05, 0.1) is 19.0 Å². The molecule has 1 aromatic heterocycles. The molecule has 22 heavy (non-hydrogen) atoms. The summed E-state index contributed by atoms with van der Waals surface area (Å²) in [6.07, 6.45) is 1.98. The highest BCUT2D eigenvalue weighted by molar-refractivity contribution is 5.96. The minimum Gasteiger partial charge on any atom is -0.497 e. The van der Waals surface area contributed by atoms with E-state index in [0.717, 1.165) is 5.56 Å². The van der Waals surface area contributed by atoms with Crippen molar-refractivity contribution < 1.29 is 14.6 Å². The monoisotopic (exact) mass is 302 g/mol. The van der Waals surface area contributed by atoms with Crippen LogP contribution in [0.4, 0.5) is 5.82 Å². The van der Waals surface area contributed by atoms with Crippen LogP contribution in [-0.2, 0) is 0 Å².